The van der Waals surface area contributed by atoms with E-state index in [0.29, 0.717) is 29.9 Å². The van der Waals surface area contributed by atoms with Crippen LogP contribution in [0.4, 0.5) is 0 Å². The van der Waals surface area contributed by atoms with Gasteiger partial charge in [-0.15, -0.1) is 0 Å². The first kappa shape index (κ1) is 15.4. The van der Waals surface area contributed by atoms with Gasteiger partial charge < -0.3 is 14.8 Å². The molecule has 1 aliphatic heterocycles. The molecule has 0 spiro atoms. The van der Waals surface area contributed by atoms with E-state index in [4.69, 9.17) is 14.8 Å². The number of rotatable bonds is 5. The fourth-order valence-electron chi connectivity index (χ4n) is 2.95. The molecule has 2 N–H and O–H groups in total. The molecule has 0 aliphatic carbocycles. The molecule has 1 saturated heterocycles. The number of piperidine rings is 1. The minimum Gasteiger partial charge on any atom is -0.492 e. The van der Waals surface area contributed by atoms with Crippen LogP contribution in [-0.2, 0) is 0 Å². The lowest BCUT2D eigenvalue weighted by Gasteiger charge is -2.38. The Balaban J connectivity index is 1.84. The Hall–Kier alpha value is -1.04. The van der Waals surface area contributed by atoms with Gasteiger partial charge in [-0.05, 0) is 44.3 Å². The van der Waals surface area contributed by atoms with Gasteiger partial charge in [-0.2, -0.15) is 0 Å². The molecule has 0 amide bonds. The highest BCUT2D eigenvalue weighted by Crippen LogP contribution is 2.22. The van der Waals surface area contributed by atoms with Crippen LogP contribution in [0, 0.1) is 0 Å². The van der Waals surface area contributed by atoms with E-state index in [0.717, 1.165) is 6.54 Å². The van der Waals surface area contributed by atoms with Crippen LogP contribution in [-0.4, -0.2) is 47.3 Å². The average molecular weight is 277 g/mol. The molecule has 1 fully saturated rings. The van der Waals surface area contributed by atoms with Crippen LogP contribution in [0.3, 0.4) is 0 Å². The van der Waals surface area contributed by atoms with Crippen LogP contribution in [0.5, 0.6) is 5.75 Å². The predicted octanol–water partition coefficient (Wildman–Crippen LogP) is 1.01. The molecular formula is C15H24BNO3. The Bertz CT molecular complexity index is 417. The second kappa shape index (κ2) is 7.11. The summed E-state index contributed by atoms with van der Waals surface area (Å²) < 4.78 is 5.73. The normalized spacial score (nSPS) is 23.6. The summed E-state index contributed by atoms with van der Waals surface area (Å²) in [4.78, 5) is 2.49. The van der Waals surface area contributed by atoms with Crippen molar-refractivity contribution in [2.45, 2.75) is 45.2 Å². The van der Waals surface area contributed by atoms with Crippen molar-refractivity contribution in [3.8, 4) is 5.75 Å². The molecule has 0 aromatic heterocycles. The maximum Gasteiger partial charge on any atom is 0.488 e. The Morgan fingerprint density at radius 2 is 1.95 bits per heavy atom. The monoisotopic (exact) mass is 277 g/mol. The van der Waals surface area contributed by atoms with Gasteiger partial charge in [-0.3, -0.25) is 4.90 Å². The maximum atomic E-state index is 9.14. The van der Waals surface area contributed by atoms with Crippen LogP contribution in [0.2, 0.25) is 0 Å². The summed E-state index contributed by atoms with van der Waals surface area (Å²) in [5.74, 6) is 0.688. The van der Waals surface area contributed by atoms with E-state index < -0.39 is 7.12 Å². The first-order valence-electron chi connectivity index (χ1n) is 7.42. The maximum absolute atomic E-state index is 9.14. The summed E-state index contributed by atoms with van der Waals surface area (Å²) >= 11 is 0. The van der Waals surface area contributed by atoms with Crippen LogP contribution in [0.1, 0.15) is 33.1 Å². The van der Waals surface area contributed by atoms with Gasteiger partial charge in [-0.25, -0.2) is 0 Å². The van der Waals surface area contributed by atoms with E-state index in [2.05, 4.69) is 18.7 Å². The summed E-state index contributed by atoms with van der Waals surface area (Å²) in [6, 6.07) is 8.20. The quantitative estimate of drug-likeness (QED) is 0.789. The fraction of sp³-hybridized carbons (Fsp3) is 0.600. The van der Waals surface area contributed by atoms with Crippen molar-refractivity contribution in [1.29, 1.82) is 0 Å². The molecule has 0 radical (unpaired) electrons. The molecule has 1 aromatic rings. The summed E-state index contributed by atoms with van der Waals surface area (Å²) in [6.45, 7) is 6.09. The van der Waals surface area contributed by atoms with Crippen LogP contribution < -0.4 is 10.2 Å². The molecule has 2 atom stereocenters. The summed E-state index contributed by atoms with van der Waals surface area (Å²) in [5, 5.41) is 18.3. The third-order valence-electron chi connectivity index (χ3n) is 4.15. The molecule has 2 rings (SSSR count). The standard InChI is InChI=1S/C15H24BNO3/c1-12-5-3-6-13(2)17(12)9-10-20-15-8-4-7-14(11-15)16(18)19/h4,7-8,11-13,18-19H,3,5-6,9-10H2,1-2H3/t12-,13+. The highest BCUT2D eigenvalue weighted by Gasteiger charge is 2.24. The first-order chi connectivity index (χ1) is 9.58. The molecule has 110 valence electrons. The number of nitrogens with zero attached hydrogens (tertiary/aromatic N) is 1. The number of ether oxygens (including phenoxy) is 1. The zero-order valence-corrected chi connectivity index (χ0v) is 12.3. The van der Waals surface area contributed by atoms with Gasteiger partial charge >= 0.3 is 7.12 Å². The largest absolute Gasteiger partial charge is 0.492 e. The molecule has 4 nitrogen and oxygen atoms in total. The topological polar surface area (TPSA) is 52.9 Å². The molecule has 1 aromatic carbocycles. The lowest BCUT2D eigenvalue weighted by Crippen LogP contribution is -2.45. The van der Waals surface area contributed by atoms with Crippen molar-refractivity contribution in [3.05, 3.63) is 24.3 Å². The van der Waals surface area contributed by atoms with Gasteiger partial charge in [-0.1, -0.05) is 18.6 Å². The number of benzene rings is 1. The highest BCUT2D eigenvalue weighted by atomic mass is 16.5. The van der Waals surface area contributed by atoms with Crippen molar-refractivity contribution in [2.24, 2.45) is 0 Å². The van der Waals surface area contributed by atoms with E-state index >= 15 is 0 Å². The second-order valence-electron chi connectivity index (χ2n) is 5.66. The van der Waals surface area contributed by atoms with Crippen molar-refractivity contribution in [2.75, 3.05) is 13.2 Å². The lowest BCUT2D eigenvalue weighted by atomic mass is 9.80. The van der Waals surface area contributed by atoms with Crippen LogP contribution in [0.25, 0.3) is 0 Å². The predicted molar refractivity (Wildman–Crippen MR) is 81.2 cm³/mol. The summed E-state index contributed by atoms with van der Waals surface area (Å²) in [5.41, 5.74) is 0.460. The SMILES string of the molecule is C[C@@H]1CCC[C@H](C)N1CCOc1cccc(B(O)O)c1. The fourth-order valence-corrected chi connectivity index (χ4v) is 2.95. The second-order valence-corrected chi connectivity index (χ2v) is 5.66. The molecule has 1 heterocycles. The zero-order chi connectivity index (χ0) is 14.5. The van der Waals surface area contributed by atoms with Crippen molar-refractivity contribution >= 4 is 12.6 Å². The van der Waals surface area contributed by atoms with Gasteiger partial charge in [0.25, 0.3) is 0 Å². The molecule has 0 unspecified atom stereocenters. The first-order valence-corrected chi connectivity index (χ1v) is 7.42. The molecule has 1 aliphatic rings. The minimum absolute atomic E-state index is 0.460. The van der Waals surface area contributed by atoms with Gasteiger partial charge in [0.15, 0.2) is 0 Å². The third kappa shape index (κ3) is 3.98. The molecular weight excluding hydrogens is 253 g/mol. The van der Waals surface area contributed by atoms with Gasteiger partial charge in [0.2, 0.25) is 0 Å². The van der Waals surface area contributed by atoms with Gasteiger partial charge in [0.1, 0.15) is 12.4 Å². The summed E-state index contributed by atoms with van der Waals surface area (Å²) in [6.07, 6.45) is 3.84. The van der Waals surface area contributed by atoms with Gasteiger partial charge in [0.05, 0.1) is 0 Å². The zero-order valence-electron chi connectivity index (χ0n) is 12.3. The molecule has 0 bridgehead atoms. The number of likely N-dealkylation sites (tertiary alicyclic amines) is 1. The minimum atomic E-state index is -1.44. The number of hydrogen-bond acceptors (Lipinski definition) is 4. The highest BCUT2D eigenvalue weighted by molar-refractivity contribution is 6.58. The van der Waals surface area contributed by atoms with Crippen molar-refractivity contribution in [1.82, 2.24) is 4.90 Å². The molecule has 0 saturated carbocycles. The van der Waals surface area contributed by atoms with Gasteiger partial charge in [0, 0.05) is 18.6 Å². The third-order valence-corrected chi connectivity index (χ3v) is 4.15. The smallest absolute Gasteiger partial charge is 0.488 e. The van der Waals surface area contributed by atoms with Crippen LogP contribution >= 0.6 is 0 Å². The van der Waals surface area contributed by atoms with E-state index in [1.165, 1.54) is 19.3 Å². The van der Waals surface area contributed by atoms with Crippen LogP contribution in [0.15, 0.2) is 24.3 Å². The van der Waals surface area contributed by atoms with E-state index in [-0.39, 0.29) is 0 Å². The van der Waals surface area contributed by atoms with E-state index in [1.807, 2.05) is 6.07 Å². The average Bonchev–Trinajstić information content (AvgIpc) is 2.42. The van der Waals surface area contributed by atoms with E-state index in [9.17, 15) is 0 Å². The Kier molecular flexibility index (Phi) is 5.46. The Labute approximate surface area is 121 Å². The Morgan fingerprint density at radius 1 is 1.25 bits per heavy atom. The Morgan fingerprint density at radius 3 is 2.60 bits per heavy atom. The number of hydrogen-bond donors (Lipinski definition) is 2. The lowest BCUT2D eigenvalue weighted by molar-refractivity contribution is 0.0851. The van der Waals surface area contributed by atoms with E-state index in [1.54, 1.807) is 18.2 Å². The summed E-state index contributed by atoms with van der Waals surface area (Å²) in [7, 11) is -1.44. The molecule has 20 heavy (non-hydrogen) atoms. The van der Waals surface area contributed by atoms with Crippen molar-refractivity contribution < 1.29 is 14.8 Å². The van der Waals surface area contributed by atoms with Crippen molar-refractivity contribution in [3.63, 3.8) is 0 Å². The molecule has 5 heteroatoms.